The second kappa shape index (κ2) is 11.8. The van der Waals surface area contributed by atoms with Crippen molar-refractivity contribution in [3.05, 3.63) is 77.6 Å². The van der Waals surface area contributed by atoms with Crippen LogP contribution >= 0.6 is 0 Å². The average Bonchev–Trinajstić information content (AvgIpc) is 3.15. The summed E-state index contributed by atoms with van der Waals surface area (Å²) in [5.74, 6) is 1.07. The quantitative estimate of drug-likeness (QED) is 0.387. The third-order valence-corrected chi connectivity index (χ3v) is 6.45. The molecule has 1 atom stereocenters. The van der Waals surface area contributed by atoms with Crippen LogP contribution in [0.1, 0.15) is 66.6 Å². The van der Waals surface area contributed by atoms with Gasteiger partial charge in [0.15, 0.2) is 0 Å². The third kappa shape index (κ3) is 6.03. The van der Waals surface area contributed by atoms with E-state index in [4.69, 9.17) is 4.74 Å². The SMILES string of the molecule is CCCCOc1ccc(-c2cc(C(=O)Nc3cccnc3C3CCCCNC3)ccc2C)cc1. The van der Waals surface area contributed by atoms with Crippen molar-refractivity contribution >= 4 is 11.6 Å². The number of anilines is 1. The standard InChI is InChI=1S/C29H35N3O2/c1-3-4-18-34-25-14-12-22(13-15-25)26-19-23(11-10-21(26)2)29(33)32-27-9-7-17-31-28(27)24-8-5-6-16-30-20-24/h7,9-15,17,19,24,30H,3-6,8,16,18,20H2,1-2H3,(H,32,33). The van der Waals surface area contributed by atoms with Crippen molar-refractivity contribution in [2.24, 2.45) is 0 Å². The van der Waals surface area contributed by atoms with E-state index in [0.717, 1.165) is 72.8 Å². The van der Waals surface area contributed by atoms with E-state index < -0.39 is 0 Å². The number of unbranched alkanes of at least 4 members (excludes halogenated alkanes) is 1. The summed E-state index contributed by atoms with van der Waals surface area (Å²) in [4.78, 5) is 17.9. The molecule has 1 aliphatic heterocycles. The van der Waals surface area contributed by atoms with Crippen LogP contribution in [0.25, 0.3) is 11.1 Å². The normalized spacial score (nSPS) is 16.0. The number of carbonyl (C=O) groups is 1. The average molecular weight is 458 g/mol. The van der Waals surface area contributed by atoms with Crippen molar-refractivity contribution in [3.8, 4) is 16.9 Å². The Kier molecular flexibility index (Phi) is 8.31. The highest BCUT2D eigenvalue weighted by molar-refractivity contribution is 6.05. The van der Waals surface area contributed by atoms with E-state index >= 15 is 0 Å². The minimum absolute atomic E-state index is 0.114. The maximum absolute atomic E-state index is 13.2. The van der Waals surface area contributed by atoms with Crippen molar-refractivity contribution in [1.82, 2.24) is 10.3 Å². The number of hydrogen-bond donors (Lipinski definition) is 2. The molecular formula is C29H35N3O2. The van der Waals surface area contributed by atoms with Crippen molar-refractivity contribution in [2.75, 3.05) is 25.0 Å². The van der Waals surface area contributed by atoms with Gasteiger partial charge in [0.05, 0.1) is 18.0 Å². The number of nitrogens with one attached hydrogen (secondary N) is 2. The van der Waals surface area contributed by atoms with Gasteiger partial charge in [0.2, 0.25) is 0 Å². The molecule has 4 rings (SSSR count). The van der Waals surface area contributed by atoms with Gasteiger partial charge in [-0.25, -0.2) is 0 Å². The zero-order valence-corrected chi connectivity index (χ0v) is 20.3. The molecule has 2 heterocycles. The largest absolute Gasteiger partial charge is 0.494 e. The molecule has 3 aromatic rings. The number of ether oxygens (including phenoxy) is 1. The molecule has 5 nitrogen and oxygen atoms in total. The summed E-state index contributed by atoms with van der Waals surface area (Å²) in [6, 6.07) is 17.8. The molecule has 0 spiro atoms. The molecule has 1 aromatic heterocycles. The van der Waals surface area contributed by atoms with Gasteiger partial charge in [0, 0.05) is 24.2 Å². The van der Waals surface area contributed by atoms with Crippen LogP contribution < -0.4 is 15.4 Å². The van der Waals surface area contributed by atoms with Gasteiger partial charge >= 0.3 is 0 Å². The van der Waals surface area contributed by atoms with E-state index in [1.165, 1.54) is 12.8 Å². The van der Waals surface area contributed by atoms with Gasteiger partial charge in [0.1, 0.15) is 5.75 Å². The summed E-state index contributed by atoms with van der Waals surface area (Å²) in [6.45, 7) is 6.90. The Morgan fingerprint density at radius 1 is 1.15 bits per heavy atom. The third-order valence-electron chi connectivity index (χ3n) is 6.45. The van der Waals surface area contributed by atoms with Gasteiger partial charge in [-0.15, -0.1) is 0 Å². The minimum Gasteiger partial charge on any atom is -0.494 e. The summed E-state index contributed by atoms with van der Waals surface area (Å²) in [5, 5.41) is 6.63. The second-order valence-corrected chi connectivity index (χ2v) is 9.04. The molecule has 1 fully saturated rings. The summed E-state index contributed by atoms with van der Waals surface area (Å²) < 4.78 is 5.79. The first kappa shape index (κ1) is 24.0. The zero-order valence-electron chi connectivity index (χ0n) is 20.3. The lowest BCUT2D eigenvalue weighted by Gasteiger charge is -2.18. The molecule has 178 valence electrons. The maximum Gasteiger partial charge on any atom is 0.255 e. The number of pyridine rings is 1. The number of hydrogen-bond acceptors (Lipinski definition) is 4. The molecule has 1 saturated heterocycles. The Morgan fingerprint density at radius 3 is 2.82 bits per heavy atom. The van der Waals surface area contributed by atoms with Crippen LogP contribution in [0.4, 0.5) is 5.69 Å². The van der Waals surface area contributed by atoms with E-state index in [0.29, 0.717) is 11.5 Å². The molecule has 0 aliphatic carbocycles. The monoisotopic (exact) mass is 457 g/mol. The highest BCUT2D eigenvalue weighted by Gasteiger charge is 2.20. The van der Waals surface area contributed by atoms with Crippen LogP contribution in [-0.4, -0.2) is 30.6 Å². The van der Waals surface area contributed by atoms with Crippen molar-refractivity contribution in [2.45, 2.75) is 51.9 Å². The maximum atomic E-state index is 13.2. The van der Waals surface area contributed by atoms with E-state index in [-0.39, 0.29) is 5.91 Å². The Bertz CT molecular complexity index is 1090. The highest BCUT2D eigenvalue weighted by Crippen LogP contribution is 2.30. The molecule has 1 aliphatic rings. The first-order valence-corrected chi connectivity index (χ1v) is 12.5. The van der Waals surface area contributed by atoms with Gasteiger partial charge in [-0.05, 0) is 85.8 Å². The van der Waals surface area contributed by atoms with Crippen LogP contribution in [0, 0.1) is 6.92 Å². The number of nitrogens with zero attached hydrogens (tertiary/aromatic N) is 1. The number of carbonyl (C=O) groups excluding carboxylic acids is 1. The number of amides is 1. The molecule has 2 N–H and O–H groups in total. The predicted octanol–water partition coefficient (Wildman–Crippen LogP) is 6.35. The number of benzene rings is 2. The molecule has 2 aromatic carbocycles. The molecule has 1 amide bonds. The van der Waals surface area contributed by atoms with Gasteiger partial charge < -0.3 is 15.4 Å². The fourth-order valence-electron chi connectivity index (χ4n) is 4.43. The molecule has 5 heteroatoms. The lowest BCUT2D eigenvalue weighted by Crippen LogP contribution is -2.22. The van der Waals surface area contributed by atoms with Gasteiger partial charge in [-0.1, -0.05) is 38.0 Å². The molecule has 1 unspecified atom stereocenters. The van der Waals surface area contributed by atoms with Crippen LogP contribution in [0.3, 0.4) is 0 Å². The first-order valence-electron chi connectivity index (χ1n) is 12.5. The molecule has 34 heavy (non-hydrogen) atoms. The highest BCUT2D eigenvalue weighted by atomic mass is 16.5. The topological polar surface area (TPSA) is 63.2 Å². The van der Waals surface area contributed by atoms with E-state index in [1.807, 2.05) is 48.7 Å². The van der Waals surface area contributed by atoms with Crippen LogP contribution in [-0.2, 0) is 0 Å². The fourth-order valence-corrected chi connectivity index (χ4v) is 4.43. The van der Waals surface area contributed by atoms with Crippen molar-refractivity contribution in [3.63, 3.8) is 0 Å². The molecule has 0 saturated carbocycles. The minimum atomic E-state index is -0.114. The molecular weight excluding hydrogens is 422 g/mol. The van der Waals surface area contributed by atoms with Gasteiger partial charge in [-0.2, -0.15) is 0 Å². The number of aryl methyl sites for hydroxylation is 1. The van der Waals surface area contributed by atoms with E-state index in [9.17, 15) is 4.79 Å². The summed E-state index contributed by atoms with van der Waals surface area (Å²) in [5.41, 5.74) is 5.65. The van der Waals surface area contributed by atoms with E-state index in [2.05, 4.69) is 41.6 Å². The molecule has 0 bridgehead atoms. The van der Waals surface area contributed by atoms with Gasteiger partial charge in [0.25, 0.3) is 5.91 Å². The second-order valence-electron chi connectivity index (χ2n) is 9.04. The molecule has 0 radical (unpaired) electrons. The van der Waals surface area contributed by atoms with Crippen molar-refractivity contribution < 1.29 is 9.53 Å². The van der Waals surface area contributed by atoms with Crippen LogP contribution in [0.2, 0.25) is 0 Å². The first-order chi connectivity index (χ1) is 16.7. The smallest absolute Gasteiger partial charge is 0.255 e. The lowest BCUT2D eigenvalue weighted by molar-refractivity contribution is 0.102. The summed E-state index contributed by atoms with van der Waals surface area (Å²) in [7, 11) is 0. The van der Waals surface area contributed by atoms with Gasteiger partial charge in [-0.3, -0.25) is 9.78 Å². The zero-order chi connectivity index (χ0) is 23.8. The Balaban J connectivity index is 1.52. The Morgan fingerprint density at radius 2 is 2.00 bits per heavy atom. The van der Waals surface area contributed by atoms with Crippen molar-refractivity contribution in [1.29, 1.82) is 0 Å². The lowest BCUT2D eigenvalue weighted by atomic mass is 9.96. The fraction of sp³-hybridized carbons (Fsp3) is 0.379. The predicted molar refractivity (Wildman–Crippen MR) is 139 cm³/mol. The summed E-state index contributed by atoms with van der Waals surface area (Å²) >= 11 is 0. The van der Waals surface area contributed by atoms with Crippen LogP contribution in [0.15, 0.2) is 60.8 Å². The number of aromatic nitrogens is 1. The Labute approximate surface area is 203 Å². The summed E-state index contributed by atoms with van der Waals surface area (Å²) in [6.07, 6.45) is 7.42. The Hall–Kier alpha value is -3.18. The number of rotatable bonds is 8. The van der Waals surface area contributed by atoms with E-state index in [1.54, 1.807) is 0 Å². The van der Waals surface area contributed by atoms with Crippen LogP contribution in [0.5, 0.6) is 5.75 Å².